The molecule has 7 heteroatoms. The van der Waals surface area contributed by atoms with Crippen molar-refractivity contribution in [3.63, 3.8) is 0 Å². The number of thiophene rings is 1. The Hall–Kier alpha value is -2.38. The molecule has 5 nitrogen and oxygen atoms in total. The molecular weight excluding hydrogens is 356 g/mol. The summed E-state index contributed by atoms with van der Waals surface area (Å²) in [6.45, 7) is 3.59. The number of amides is 3. The van der Waals surface area contributed by atoms with Crippen LogP contribution in [-0.4, -0.2) is 28.5 Å². The van der Waals surface area contributed by atoms with Crippen LogP contribution in [0.25, 0.3) is 6.08 Å². The van der Waals surface area contributed by atoms with Crippen LogP contribution in [0, 0.1) is 13.8 Å². The fourth-order valence-electron chi connectivity index (χ4n) is 2.53. The number of anilines is 1. The Morgan fingerprint density at radius 2 is 1.92 bits per heavy atom. The molecule has 1 saturated heterocycles. The first-order valence-electron chi connectivity index (χ1n) is 7.59. The number of benzene rings is 1. The lowest BCUT2D eigenvalue weighted by molar-refractivity contribution is -0.127. The summed E-state index contributed by atoms with van der Waals surface area (Å²) in [5.74, 6) is -0.830. The molecule has 2 aromatic rings. The molecule has 1 aromatic heterocycles. The highest BCUT2D eigenvalue weighted by Crippen LogP contribution is 2.32. The van der Waals surface area contributed by atoms with Crippen LogP contribution >= 0.6 is 23.1 Å². The van der Waals surface area contributed by atoms with E-state index < -0.39 is 17.1 Å². The molecule has 1 aliphatic rings. The highest BCUT2D eigenvalue weighted by atomic mass is 32.2. The first kappa shape index (κ1) is 17.4. The molecule has 3 amide bonds. The number of aryl methyl sites for hydroxylation is 2. The third kappa shape index (κ3) is 4.18. The minimum absolute atomic E-state index is 0.292. The summed E-state index contributed by atoms with van der Waals surface area (Å²) in [4.78, 5) is 38.9. The Labute approximate surface area is 153 Å². The molecule has 0 spiro atoms. The number of thioether (sulfide) groups is 1. The van der Waals surface area contributed by atoms with Crippen LogP contribution in [0.1, 0.15) is 16.0 Å². The molecule has 128 valence electrons. The zero-order valence-electron chi connectivity index (χ0n) is 13.7. The summed E-state index contributed by atoms with van der Waals surface area (Å²) in [6, 6.07) is 9.43. The number of nitrogens with zero attached hydrogens (tertiary/aromatic N) is 1. The number of imide groups is 1. The second-order valence-electron chi connectivity index (χ2n) is 5.71. The summed E-state index contributed by atoms with van der Waals surface area (Å²) >= 11 is 2.34. The van der Waals surface area contributed by atoms with Gasteiger partial charge in [0.2, 0.25) is 5.91 Å². The number of hydrogen-bond acceptors (Lipinski definition) is 5. The smallest absolute Gasteiger partial charge is 0.294 e. The van der Waals surface area contributed by atoms with E-state index in [-0.39, 0.29) is 6.54 Å². The van der Waals surface area contributed by atoms with E-state index >= 15 is 0 Å². The Morgan fingerprint density at radius 1 is 1.20 bits per heavy atom. The number of nitrogens with one attached hydrogen (secondary N) is 1. The Bertz CT molecular complexity index is 852. The predicted molar refractivity (Wildman–Crippen MR) is 102 cm³/mol. The van der Waals surface area contributed by atoms with Gasteiger partial charge in [-0.25, -0.2) is 0 Å². The summed E-state index contributed by atoms with van der Waals surface area (Å²) in [5.41, 5.74) is 2.71. The van der Waals surface area contributed by atoms with Gasteiger partial charge in [0.15, 0.2) is 0 Å². The second-order valence-corrected chi connectivity index (χ2v) is 7.68. The second kappa shape index (κ2) is 7.25. The van der Waals surface area contributed by atoms with Gasteiger partial charge in [-0.05, 0) is 66.4 Å². The molecule has 0 bridgehead atoms. The highest BCUT2D eigenvalue weighted by Gasteiger charge is 2.36. The van der Waals surface area contributed by atoms with Crippen LogP contribution in [0.3, 0.4) is 0 Å². The lowest BCUT2D eigenvalue weighted by Crippen LogP contribution is -2.36. The van der Waals surface area contributed by atoms with E-state index in [1.54, 1.807) is 6.08 Å². The number of hydrogen-bond donors (Lipinski definition) is 1. The minimum Gasteiger partial charge on any atom is -0.325 e. The quantitative estimate of drug-likeness (QED) is 0.823. The number of carbonyl (C=O) groups is 3. The van der Waals surface area contributed by atoms with Crippen molar-refractivity contribution >= 4 is 51.9 Å². The third-order valence-corrected chi connectivity index (χ3v) is 5.22. The topological polar surface area (TPSA) is 66.5 Å². The molecular formula is C18H16N2O3S2. The van der Waals surface area contributed by atoms with Crippen molar-refractivity contribution in [3.8, 4) is 0 Å². The zero-order valence-corrected chi connectivity index (χ0v) is 15.4. The van der Waals surface area contributed by atoms with E-state index in [1.165, 1.54) is 11.3 Å². The first-order chi connectivity index (χ1) is 11.9. The number of carbonyl (C=O) groups excluding carboxylic acids is 3. The summed E-state index contributed by atoms with van der Waals surface area (Å²) < 4.78 is 0. The van der Waals surface area contributed by atoms with Crippen molar-refractivity contribution in [2.24, 2.45) is 0 Å². The predicted octanol–water partition coefficient (Wildman–Crippen LogP) is 4.04. The van der Waals surface area contributed by atoms with Gasteiger partial charge < -0.3 is 5.32 Å². The van der Waals surface area contributed by atoms with Gasteiger partial charge in [0, 0.05) is 10.6 Å². The van der Waals surface area contributed by atoms with Gasteiger partial charge in [0.1, 0.15) is 6.54 Å². The van der Waals surface area contributed by atoms with E-state index in [4.69, 9.17) is 0 Å². The molecule has 1 fully saturated rings. The third-order valence-electron chi connectivity index (χ3n) is 3.50. The number of rotatable bonds is 4. The normalized spacial score (nSPS) is 15.9. The van der Waals surface area contributed by atoms with Gasteiger partial charge in [-0.3, -0.25) is 19.3 Å². The maximum absolute atomic E-state index is 12.4. The molecule has 0 atom stereocenters. The lowest BCUT2D eigenvalue weighted by Gasteiger charge is -2.13. The lowest BCUT2D eigenvalue weighted by atomic mass is 10.1. The molecule has 25 heavy (non-hydrogen) atoms. The molecule has 0 saturated carbocycles. The average molecular weight is 372 g/mol. The Kier molecular flexibility index (Phi) is 5.06. The molecule has 1 aromatic carbocycles. The first-order valence-corrected chi connectivity index (χ1v) is 9.29. The van der Waals surface area contributed by atoms with Crippen LogP contribution < -0.4 is 5.32 Å². The summed E-state index contributed by atoms with van der Waals surface area (Å²) in [5, 5.41) is 4.21. The van der Waals surface area contributed by atoms with Gasteiger partial charge in [-0.1, -0.05) is 12.1 Å². The molecule has 0 unspecified atom stereocenters. The van der Waals surface area contributed by atoms with Crippen molar-refractivity contribution in [2.75, 3.05) is 11.9 Å². The van der Waals surface area contributed by atoms with Gasteiger partial charge in [-0.2, -0.15) is 0 Å². The van der Waals surface area contributed by atoms with Crippen LogP contribution in [0.2, 0.25) is 0 Å². The van der Waals surface area contributed by atoms with Crippen molar-refractivity contribution in [1.29, 1.82) is 0 Å². The van der Waals surface area contributed by atoms with Crippen molar-refractivity contribution in [1.82, 2.24) is 4.90 Å². The molecule has 3 rings (SSSR count). The molecule has 2 heterocycles. The van der Waals surface area contributed by atoms with Gasteiger partial charge >= 0.3 is 0 Å². The maximum atomic E-state index is 12.4. The standard InChI is InChI=1S/C18H16N2O3S2/c1-11-6-12(2)8-13(7-11)19-16(21)10-20-17(22)15(25-18(20)23)9-14-4-3-5-24-14/h3-9H,10H2,1-2H3,(H,19,21)/b15-9+. The van der Waals surface area contributed by atoms with Gasteiger partial charge in [0.05, 0.1) is 4.91 Å². The van der Waals surface area contributed by atoms with Crippen molar-refractivity contribution in [2.45, 2.75) is 13.8 Å². The van der Waals surface area contributed by atoms with E-state index in [9.17, 15) is 14.4 Å². The fraction of sp³-hybridized carbons (Fsp3) is 0.167. The Morgan fingerprint density at radius 3 is 2.56 bits per heavy atom. The monoisotopic (exact) mass is 372 g/mol. The van der Waals surface area contributed by atoms with E-state index in [0.717, 1.165) is 32.7 Å². The molecule has 0 radical (unpaired) electrons. The molecule has 0 aliphatic carbocycles. The van der Waals surface area contributed by atoms with Gasteiger partial charge in [-0.15, -0.1) is 11.3 Å². The Balaban J connectivity index is 1.68. The SMILES string of the molecule is Cc1cc(C)cc(NC(=O)CN2C(=O)S/C(=C/c3cccs3)C2=O)c1. The minimum atomic E-state index is -0.432. The van der Waals surface area contributed by atoms with Crippen LogP contribution in [0.15, 0.2) is 40.6 Å². The average Bonchev–Trinajstić information content (AvgIpc) is 3.11. The summed E-state index contributed by atoms with van der Waals surface area (Å²) in [7, 11) is 0. The fourth-order valence-corrected chi connectivity index (χ4v) is 4.09. The van der Waals surface area contributed by atoms with Crippen molar-refractivity contribution in [3.05, 3.63) is 56.6 Å². The van der Waals surface area contributed by atoms with E-state index in [0.29, 0.717) is 10.6 Å². The van der Waals surface area contributed by atoms with E-state index in [2.05, 4.69) is 5.32 Å². The summed E-state index contributed by atoms with van der Waals surface area (Å²) in [6.07, 6.45) is 1.68. The maximum Gasteiger partial charge on any atom is 0.294 e. The molecule has 1 aliphatic heterocycles. The van der Waals surface area contributed by atoms with Crippen LogP contribution in [0.5, 0.6) is 0 Å². The van der Waals surface area contributed by atoms with Crippen LogP contribution in [-0.2, 0) is 9.59 Å². The zero-order chi connectivity index (χ0) is 18.0. The van der Waals surface area contributed by atoms with Crippen molar-refractivity contribution < 1.29 is 14.4 Å². The van der Waals surface area contributed by atoms with Gasteiger partial charge in [0.25, 0.3) is 11.1 Å². The van der Waals surface area contributed by atoms with Crippen LogP contribution in [0.4, 0.5) is 10.5 Å². The largest absolute Gasteiger partial charge is 0.325 e. The highest BCUT2D eigenvalue weighted by molar-refractivity contribution is 8.18. The molecule has 1 N–H and O–H groups in total. The van der Waals surface area contributed by atoms with E-state index in [1.807, 2.05) is 49.6 Å².